The van der Waals surface area contributed by atoms with Crippen LogP contribution in [0.5, 0.6) is 5.75 Å². The van der Waals surface area contributed by atoms with Crippen molar-refractivity contribution in [3.05, 3.63) is 6.20 Å². The first kappa shape index (κ1) is 12.5. The summed E-state index contributed by atoms with van der Waals surface area (Å²) in [6.07, 6.45) is 3.93. The van der Waals surface area contributed by atoms with Crippen LogP contribution in [-0.4, -0.2) is 22.6 Å². The molecule has 0 radical (unpaired) electrons. The van der Waals surface area contributed by atoms with E-state index in [9.17, 15) is 0 Å². The molecule has 3 N–H and O–H groups in total. The van der Waals surface area contributed by atoms with Crippen molar-refractivity contribution in [1.82, 2.24) is 9.97 Å². The minimum atomic E-state index is 0.0962. The second-order valence-corrected chi connectivity index (χ2v) is 3.89. The van der Waals surface area contributed by atoms with Crippen LogP contribution in [0.3, 0.4) is 0 Å². The summed E-state index contributed by atoms with van der Waals surface area (Å²) in [7, 11) is 0. The molecule has 0 amide bonds. The number of ether oxygens (including phenoxy) is 1. The molecule has 0 atom stereocenters. The van der Waals surface area contributed by atoms with Gasteiger partial charge < -0.3 is 15.8 Å². The van der Waals surface area contributed by atoms with Gasteiger partial charge in [0.25, 0.3) is 0 Å². The van der Waals surface area contributed by atoms with Crippen molar-refractivity contribution in [2.75, 3.05) is 17.6 Å². The topological polar surface area (TPSA) is 73.1 Å². The Morgan fingerprint density at radius 1 is 1.50 bits per heavy atom. The second-order valence-electron chi connectivity index (χ2n) is 3.89. The number of hydrogen-bond acceptors (Lipinski definition) is 5. The van der Waals surface area contributed by atoms with E-state index in [0.717, 1.165) is 19.4 Å². The lowest BCUT2D eigenvalue weighted by atomic mass is 10.3. The summed E-state index contributed by atoms with van der Waals surface area (Å²) in [5, 5.41) is 3.20. The van der Waals surface area contributed by atoms with Gasteiger partial charge in [0.05, 0.1) is 12.3 Å². The van der Waals surface area contributed by atoms with Crippen LogP contribution >= 0.6 is 0 Å². The highest BCUT2D eigenvalue weighted by Gasteiger charge is 2.08. The van der Waals surface area contributed by atoms with E-state index in [1.807, 2.05) is 13.8 Å². The third-order valence-corrected chi connectivity index (χ3v) is 1.96. The highest BCUT2D eigenvalue weighted by atomic mass is 16.5. The predicted octanol–water partition coefficient (Wildman–Crippen LogP) is 2.06. The summed E-state index contributed by atoms with van der Waals surface area (Å²) >= 11 is 0. The standard InChI is InChI=1S/C11H20N4O/c1-4-5-6-13-10-9(16-8(2)3)7-14-11(12)15-10/h7-8H,4-6H2,1-3H3,(H3,12,13,14,15). The van der Waals surface area contributed by atoms with Gasteiger partial charge in [-0.15, -0.1) is 0 Å². The highest BCUT2D eigenvalue weighted by Crippen LogP contribution is 2.22. The van der Waals surface area contributed by atoms with Gasteiger partial charge in [0.2, 0.25) is 5.95 Å². The zero-order valence-electron chi connectivity index (χ0n) is 10.2. The number of rotatable bonds is 6. The maximum absolute atomic E-state index is 5.59. The van der Waals surface area contributed by atoms with Gasteiger partial charge in [-0.2, -0.15) is 4.98 Å². The van der Waals surface area contributed by atoms with Crippen LogP contribution in [0.15, 0.2) is 6.20 Å². The Hall–Kier alpha value is -1.52. The molecule has 0 fully saturated rings. The number of aromatic nitrogens is 2. The quantitative estimate of drug-likeness (QED) is 0.723. The van der Waals surface area contributed by atoms with Crippen LogP contribution in [0, 0.1) is 0 Å². The van der Waals surface area contributed by atoms with Crippen molar-refractivity contribution in [2.45, 2.75) is 39.7 Å². The molecule has 1 rings (SSSR count). The highest BCUT2D eigenvalue weighted by molar-refractivity contribution is 5.51. The first-order chi connectivity index (χ1) is 7.63. The molecule has 0 aromatic carbocycles. The maximum Gasteiger partial charge on any atom is 0.222 e. The largest absolute Gasteiger partial charge is 0.486 e. The van der Waals surface area contributed by atoms with Crippen molar-refractivity contribution in [3.8, 4) is 5.75 Å². The summed E-state index contributed by atoms with van der Waals surface area (Å²) in [5.41, 5.74) is 5.54. The van der Waals surface area contributed by atoms with E-state index < -0.39 is 0 Å². The van der Waals surface area contributed by atoms with Gasteiger partial charge in [-0.3, -0.25) is 0 Å². The molecule has 0 aliphatic heterocycles. The molecule has 0 saturated carbocycles. The van der Waals surface area contributed by atoms with Crippen molar-refractivity contribution < 1.29 is 4.74 Å². The first-order valence-corrected chi connectivity index (χ1v) is 5.66. The molecule has 1 aromatic heterocycles. The van der Waals surface area contributed by atoms with Crippen molar-refractivity contribution in [3.63, 3.8) is 0 Å². The van der Waals surface area contributed by atoms with Crippen LogP contribution in [0.4, 0.5) is 11.8 Å². The number of nitrogens with two attached hydrogens (primary N) is 1. The molecule has 0 bridgehead atoms. The van der Waals surface area contributed by atoms with Crippen LogP contribution in [0.1, 0.15) is 33.6 Å². The molecule has 1 aromatic rings. The monoisotopic (exact) mass is 224 g/mol. The van der Waals surface area contributed by atoms with E-state index in [4.69, 9.17) is 10.5 Å². The lowest BCUT2D eigenvalue weighted by molar-refractivity contribution is 0.242. The van der Waals surface area contributed by atoms with Crippen molar-refractivity contribution in [1.29, 1.82) is 0 Å². The summed E-state index contributed by atoms with van der Waals surface area (Å²) in [5.74, 6) is 1.59. The Bertz CT molecular complexity index is 328. The minimum Gasteiger partial charge on any atom is -0.486 e. The number of nitrogens with zero attached hydrogens (tertiary/aromatic N) is 2. The van der Waals surface area contributed by atoms with Crippen LogP contribution in [0.2, 0.25) is 0 Å². The van der Waals surface area contributed by atoms with E-state index >= 15 is 0 Å². The minimum absolute atomic E-state index is 0.0962. The lowest BCUT2D eigenvalue weighted by Gasteiger charge is -2.14. The number of anilines is 2. The zero-order chi connectivity index (χ0) is 12.0. The fourth-order valence-electron chi connectivity index (χ4n) is 1.23. The molecule has 0 spiro atoms. The van der Waals surface area contributed by atoms with E-state index in [1.165, 1.54) is 0 Å². The van der Waals surface area contributed by atoms with Crippen molar-refractivity contribution >= 4 is 11.8 Å². The normalized spacial score (nSPS) is 10.5. The summed E-state index contributed by atoms with van der Waals surface area (Å²) in [6, 6.07) is 0. The molecule has 0 aliphatic rings. The molecular weight excluding hydrogens is 204 g/mol. The van der Waals surface area contributed by atoms with Crippen LogP contribution in [-0.2, 0) is 0 Å². The van der Waals surface area contributed by atoms with Gasteiger partial charge >= 0.3 is 0 Å². The number of nitrogens with one attached hydrogen (secondary N) is 1. The SMILES string of the molecule is CCCCNc1nc(N)ncc1OC(C)C. The number of unbranched alkanes of at least 4 members (excludes halogenated alkanes) is 1. The fraction of sp³-hybridized carbons (Fsp3) is 0.636. The molecule has 16 heavy (non-hydrogen) atoms. The summed E-state index contributed by atoms with van der Waals surface area (Å²) in [4.78, 5) is 8.05. The van der Waals surface area contributed by atoms with Gasteiger partial charge in [-0.25, -0.2) is 4.98 Å². The zero-order valence-corrected chi connectivity index (χ0v) is 10.2. The number of nitrogen functional groups attached to an aromatic ring is 1. The molecule has 0 aliphatic carbocycles. The molecule has 5 heteroatoms. The average molecular weight is 224 g/mol. The fourth-order valence-corrected chi connectivity index (χ4v) is 1.23. The molecule has 90 valence electrons. The Labute approximate surface area is 96.4 Å². The third-order valence-electron chi connectivity index (χ3n) is 1.96. The molecular formula is C11H20N4O. The first-order valence-electron chi connectivity index (χ1n) is 5.66. The average Bonchev–Trinajstić information content (AvgIpc) is 2.22. The van der Waals surface area contributed by atoms with Crippen LogP contribution < -0.4 is 15.8 Å². The van der Waals surface area contributed by atoms with E-state index in [1.54, 1.807) is 6.20 Å². The van der Waals surface area contributed by atoms with Gasteiger partial charge in [0.15, 0.2) is 11.6 Å². The van der Waals surface area contributed by atoms with Crippen molar-refractivity contribution in [2.24, 2.45) is 0 Å². The molecule has 1 heterocycles. The van der Waals surface area contributed by atoms with E-state index in [0.29, 0.717) is 11.6 Å². The maximum atomic E-state index is 5.59. The van der Waals surface area contributed by atoms with Crippen LogP contribution in [0.25, 0.3) is 0 Å². The Balaban J connectivity index is 2.73. The predicted molar refractivity (Wildman–Crippen MR) is 65.6 cm³/mol. The van der Waals surface area contributed by atoms with Gasteiger partial charge in [0, 0.05) is 6.54 Å². The third kappa shape index (κ3) is 3.92. The molecule has 0 saturated heterocycles. The number of hydrogen-bond donors (Lipinski definition) is 2. The Morgan fingerprint density at radius 2 is 2.25 bits per heavy atom. The molecule has 5 nitrogen and oxygen atoms in total. The smallest absolute Gasteiger partial charge is 0.222 e. The summed E-state index contributed by atoms with van der Waals surface area (Å²) < 4.78 is 5.59. The van der Waals surface area contributed by atoms with Gasteiger partial charge in [-0.05, 0) is 20.3 Å². The van der Waals surface area contributed by atoms with Gasteiger partial charge in [0.1, 0.15) is 0 Å². The Kier molecular flexibility index (Phi) is 4.82. The second kappa shape index (κ2) is 6.15. The Morgan fingerprint density at radius 3 is 2.88 bits per heavy atom. The van der Waals surface area contributed by atoms with Gasteiger partial charge in [-0.1, -0.05) is 13.3 Å². The molecule has 0 unspecified atom stereocenters. The van der Waals surface area contributed by atoms with E-state index in [2.05, 4.69) is 22.2 Å². The lowest BCUT2D eigenvalue weighted by Crippen LogP contribution is -2.12. The summed E-state index contributed by atoms with van der Waals surface area (Å²) in [6.45, 7) is 6.93. The van der Waals surface area contributed by atoms with E-state index in [-0.39, 0.29) is 12.1 Å².